The molecule has 2 heteroatoms. The Morgan fingerprint density at radius 2 is 2.00 bits per heavy atom. The molecule has 0 heterocycles. The summed E-state index contributed by atoms with van der Waals surface area (Å²) in [5.41, 5.74) is 0. The largest absolute Gasteiger partial charge is 0.110 e. The van der Waals surface area contributed by atoms with E-state index in [2.05, 4.69) is 0 Å². The van der Waals surface area contributed by atoms with E-state index in [-0.39, 0.29) is 4.84 Å². The summed E-state index contributed by atoms with van der Waals surface area (Å²) in [6, 6.07) is 0. The van der Waals surface area contributed by atoms with E-state index in [1.54, 1.807) is 0 Å². The van der Waals surface area contributed by atoms with E-state index < -0.39 is 0 Å². The van der Waals surface area contributed by atoms with Crippen LogP contribution in [0.2, 0.25) is 0 Å². The molecule has 0 amide bonds. The molecule has 2 aliphatic carbocycles. The maximum absolute atomic E-state index is 5.84. The van der Waals surface area contributed by atoms with Gasteiger partial charge in [0.25, 0.3) is 0 Å². The topological polar surface area (TPSA) is 0 Å². The molecule has 0 nitrogen and oxygen atoms in total. The van der Waals surface area contributed by atoms with Crippen LogP contribution in [0, 0.1) is 17.8 Å². The predicted molar refractivity (Wildman–Crippen MR) is 44.4 cm³/mol. The summed E-state index contributed by atoms with van der Waals surface area (Å²) in [5, 5.41) is 0. The molecule has 0 aromatic heterocycles. The lowest BCUT2D eigenvalue weighted by molar-refractivity contribution is 0.353. The second-order valence-electron chi connectivity index (χ2n) is 3.59. The molecular formula is C8H12Cl2. The van der Waals surface area contributed by atoms with Crippen molar-refractivity contribution >= 4 is 23.2 Å². The molecule has 0 aromatic rings. The van der Waals surface area contributed by atoms with E-state index in [9.17, 15) is 0 Å². The first kappa shape index (κ1) is 7.24. The van der Waals surface area contributed by atoms with Crippen LogP contribution in [0.15, 0.2) is 0 Å². The van der Waals surface area contributed by atoms with E-state index >= 15 is 0 Å². The maximum Gasteiger partial charge on any atom is 0.110 e. The molecule has 0 aromatic carbocycles. The Morgan fingerprint density at radius 1 is 1.20 bits per heavy atom. The number of alkyl halides is 2. The average molecular weight is 179 g/mol. The molecule has 0 unspecified atom stereocenters. The predicted octanol–water partition coefficient (Wildman–Crippen LogP) is 3.23. The van der Waals surface area contributed by atoms with Gasteiger partial charge in [0, 0.05) is 0 Å². The lowest BCUT2D eigenvalue weighted by atomic mass is 9.90. The molecule has 0 radical (unpaired) electrons. The zero-order valence-corrected chi connectivity index (χ0v) is 7.41. The van der Waals surface area contributed by atoms with Crippen molar-refractivity contribution in [2.75, 3.05) is 0 Å². The molecular weight excluding hydrogens is 167 g/mol. The van der Waals surface area contributed by atoms with Gasteiger partial charge < -0.3 is 0 Å². The van der Waals surface area contributed by atoms with Crippen molar-refractivity contribution in [2.45, 2.75) is 30.5 Å². The first-order valence-corrected chi connectivity index (χ1v) is 4.94. The van der Waals surface area contributed by atoms with E-state index in [4.69, 9.17) is 23.2 Å². The van der Waals surface area contributed by atoms with Crippen molar-refractivity contribution in [3.05, 3.63) is 0 Å². The Bertz CT molecular complexity index is 133. The minimum absolute atomic E-state index is 0.102. The SMILES string of the molecule is ClC(Cl)[C@@H]1CCC[C@H]2C[C@@H]21. The summed E-state index contributed by atoms with van der Waals surface area (Å²) in [6.45, 7) is 0. The molecule has 0 N–H and O–H groups in total. The van der Waals surface area contributed by atoms with Crippen molar-refractivity contribution in [1.29, 1.82) is 0 Å². The van der Waals surface area contributed by atoms with Gasteiger partial charge in [0.05, 0.1) is 0 Å². The average Bonchev–Trinajstić information content (AvgIpc) is 2.63. The highest BCUT2D eigenvalue weighted by atomic mass is 35.5. The molecule has 2 rings (SSSR count). The van der Waals surface area contributed by atoms with Crippen LogP contribution in [0.1, 0.15) is 25.7 Å². The maximum atomic E-state index is 5.84. The number of hydrogen-bond donors (Lipinski definition) is 0. The fourth-order valence-corrected chi connectivity index (χ4v) is 2.90. The van der Waals surface area contributed by atoms with Gasteiger partial charge in [0.2, 0.25) is 0 Å². The standard InChI is InChI=1S/C8H12Cl2/c9-8(10)6-3-1-2-5-4-7(5)6/h5-8H,1-4H2/t5-,6+,7-/m0/s1. The molecule has 10 heavy (non-hydrogen) atoms. The molecule has 58 valence electrons. The van der Waals surface area contributed by atoms with Gasteiger partial charge in [-0.1, -0.05) is 12.8 Å². The molecule has 0 aliphatic heterocycles. The fourth-order valence-electron chi connectivity index (χ4n) is 2.27. The fraction of sp³-hybridized carbons (Fsp3) is 1.00. The third-order valence-electron chi connectivity index (χ3n) is 2.96. The second kappa shape index (κ2) is 2.57. The summed E-state index contributed by atoms with van der Waals surface area (Å²) in [5.74, 6) is 2.52. The normalized spacial score (nSPS) is 45.3. The van der Waals surface area contributed by atoms with Crippen molar-refractivity contribution < 1.29 is 0 Å². The van der Waals surface area contributed by atoms with Crippen molar-refractivity contribution in [3.8, 4) is 0 Å². The van der Waals surface area contributed by atoms with E-state index in [0.717, 1.165) is 11.8 Å². The van der Waals surface area contributed by atoms with E-state index in [1.807, 2.05) is 0 Å². The first-order valence-electron chi connectivity index (χ1n) is 4.07. The van der Waals surface area contributed by atoms with Crippen LogP contribution < -0.4 is 0 Å². The van der Waals surface area contributed by atoms with Crippen LogP contribution >= 0.6 is 23.2 Å². The zero-order valence-electron chi connectivity index (χ0n) is 5.89. The van der Waals surface area contributed by atoms with Gasteiger partial charge in [-0.3, -0.25) is 0 Å². The highest BCUT2D eigenvalue weighted by Gasteiger charge is 2.46. The number of hydrogen-bond acceptors (Lipinski definition) is 0. The van der Waals surface area contributed by atoms with Crippen LogP contribution in [0.4, 0.5) is 0 Å². The third kappa shape index (κ3) is 1.16. The smallest absolute Gasteiger partial charge is 0.105 e. The van der Waals surface area contributed by atoms with Gasteiger partial charge >= 0.3 is 0 Å². The van der Waals surface area contributed by atoms with Crippen molar-refractivity contribution in [3.63, 3.8) is 0 Å². The van der Waals surface area contributed by atoms with Gasteiger partial charge in [0.15, 0.2) is 0 Å². The lowest BCUT2D eigenvalue weighted by Gasteiger charge is -2.21. The number of rotatable bonds is 1. The van der Waals surface area contributed by atoms with Crippen LogP contribution in [-0.2, 0) is 0 Å². The summed E-state index contributed by atoms with van der Waals surface area (Å²) in [4.78, 5) is -0.102. The van der Waals surface area contributed by atoms with Gasteiger partial charge in [-0.2, -0.15) is 0 Å². The summed E-state index contributed by atoms with van der Waals surface area (Å²) >= 11 is 11.7. The highest BCUT2D eigenvalue weighted by Crippen LogP contribution is 2.54. The first-order chi connectivity index (χ1) is 4.79. The van der Waals surface area contributed by atoms with Gasteiger partial charge in [-0.05, 0) is 30.6 Å². The minimum Gasteiger partial charge on any atom is -0.105 e. The highest BCUT2D eigenvalue weighted by molar-refractivity contribution is 6.44. The number of halogens is 2. The summed E-state index contributed by atoms with van der Waals surface area (Å²) < 4.78 is 0. The molecule has 0 saturated heterocycles. The van der Waals surface area contributed by atoms with Gasteiger partial charge in [-0.25, -0.2) is 0 Å². The van der Waals surface area contributed by atoms with Crippen LogP contribution in [0.5, 0.6) is 0 Å². The summed E-state index contributed by atoms with van der Waals surface area (Å²) in [6.07, 6.45) is 5.45. The Hall–Kier alpha value is 0.580. The Morgan fingerprint density at radius 3 is 2.60 bits per heavy atom. The molecule has 2 saturated carbocycles. The van der Waals surface area contributed by atoms with Crippen molar-refractivity contribution in [1.82, 2.24) is 0 Å². The molecule has 2 fully saturated rings. The third-order valence-corrected chi connectivity index (χ3v) is 3.61. The van der Waals surface area contributed by atoms with Gasteiger partial charge in [0.1, 0.15) is 4.84 Å². The Kier molecular flexibility index (Phi) is 1.86. The second-order valence-corrected chi connectivity index (χ2v) is 4.75. The summed E-state index contributed by atoms with van der Waals surface area (Å²) in [7, 11) is 0. The molecule has 0 spiro atoms. The Labute approximate surface area is 71.9 Å². The van der Waals surface area contributed by atoms with E-state index in [0.29, 0.717) is 5.92 Å². The minimum atomic E-state index is -0.102. The van der Waals surface area contributed by atoms with Crippen LogP contribution in [-0.4, -0.2) is 4.84 Å². The molecule has 0 bridgehead atoms. The van der Waals surface area contributed by atoms with Crippen LogP contribution in [0.25, 0.3) is 0 Å². The monoisotopic (exact) mass is 178 g/mol. The zero-order chi connectivity index (χ0) is 7.14. The molecule has 2 aliphatic rings. The number of fused-ring (bicyclic) bond motifs is 1. The van der Waals surface area contributed by atoms with E-state index in [1.165, 1.54) is 25.7 Å². The van der Waals surface area contributed by atoms with Gasteiger partial charge in [-0.15, -0.1) is 23.2 Å². The lowest BCUT2D eigenvalue weighted by Crippen LogP contribution is -2.16. The Balaban J connectivity index is 1.96. The van der Waals surface area contributed by atoms with Crippen molar-refractivity contribution in [2.24, 2.45) is 17.8 Å². The molecule has 3 atom stereocenters. The quantitative estimate of drug-likeness (QED) is 0.542. The van der Waals surface area contributed by atoms with Crippen LogP contribution in [0.3, 0.4) is 0 Å².